The molecule has 0 aliphatic carbocycles. The highest BCUT2D eigenvalue weighted by Crippen LogP contribution is 2.43. The molecule has 0 bridgehead atoms. The molecule has 0 aromatic heterocycles. The second-order valence-electron chi connectivity index (χ2n) is 7.02. The van der Waals surface area contributed by atoms with Crippen molar-refractivity contribution in [2.75, 3.05) is 16.2 Å². The summed E-state index contributed by atoms with van der Waals surface area (Å²) in [4.78, 5) is 12.9. The maximum Gasteiger partial charge on any atom is 0.265 e. The second kappa shape index (κ2) is 7.31. The summed E-state index contributed by atoms with van der Waals surface area (Å²) in [5.74, 6) is -0.398. The first kappa shape index (κ1) is 19.7. The SMILES string of the molecule is Cc1ccc(NC(=O)CN2c3ccc(Br)cc3-c3ccccc3S2(=O)=O)cc1C. The van der Waals surface area contributed by atoms with Crippen molar-refractivity contribution in [3.63, 3.8) is 0 Å². The lowest BCUT2D eigenvalue weighted by molar-refractivity contribution is -0.114. The van der Waals surface area contributed by atoms with Crippen molar-refractivity contribution in [3.05, 3.63) is 76.3 Å². The number of nitrogens with zero attached hydrogens (tertiary/aromatic N) is 1. The van der Waals surface area contributed by atoms with E-state index in [-0.39, 0.29) is 11.4 Å². The van der Waals surface area contributed by atoms with Gasteiger partial charge in [0.05, 0.1) is 10.6 Å². The molecule has 0 unspecified atom stereocenters. The number of halogens is 1. The fourth-order valence-corrected chi connectivity index (χ4v) is 5.43. The van der Waals surface area contributed by atoms with E-state index in [4.69, 9.17) is 0 Å². The number of carbonyl (C=O) groups is 1. The molecule has 5 nitrogen and oxygen atoms in total. The molecule has 4 rings (SSSR count). The lowest BCUT2D eigenvalue weighted by Crippen LogP contribution is -2.40. The Morgan fingerprint density at radius 1 is 0.966 bits per heavy atom. The summed E-state index contributed by atoms with van der Waals surface area (Å²) in [5, 5.41) is 2.81. The van der Waals surface area contributed by atoms with E-state index in [1.54, 1.807) is 36.4 Å². The van der Waals surface area contributed by atoms with Crippen molar-refractivity contribution < 1.29 is 13.2 Å². The molecule has 0 saturated carbocycles. The standard InChI is InChI=1S/C22H19BrN2O3S/c1-14-7-9-17(11-15(14)2)24-22(26)13-25-20-10-8-16(23)12-19(20)18-5-3-4-6-21(18)29(25,27)28/h3-12H,13H2,1-2H3,(H,24,26). The van der Waals surface area contributed by atoms with Gasteiger partial charge in [0, 0.05) is 21.3 Å². The Bertz CT molecular complexity index is 1240. The minimum absolute atomic E-state index is 0.199. The van der Waals surface area contributed by atoms with E-state index in [0.29, 0.717) is 16.9 Å². The summed E-state index contributed by atoms with van der Waals surface area (Å²) in [6, 6.07) is 17.8. The summed E-state index contributed by atoms with van der Waals surface area (Å²) in [5.41, 5.74) is 4.71. The van der Waals surface area contributed by atoms with Crippen LogP contribution in [0.5, 0.6) is 0 Å². The molecule has 1 amide bonds. The monoisotopic (exact) mass is 470 g/mol. The molecule has 1 N–H and O–H groups in total. The second-order valence-corrected chi connectivity index (χ2v) is 9.76. The van der Waals surface area contributed by atoms with Crippen LogP contribution in [0.25, 0.3) is 11.1 Å². The van der Waals surface area contributed by atoms with Gasteiger partial charge in [-0.25, -0.2) is 8.42 Å². The number of hydrogen-bond acceptors (Lipinski definition) is 3. The molecule has 1 heterocycles. The molecule has 0 fully saturated rings. The van der Waals surface area contributed by atoms with Crippen LogP contribution in [0.4, 0.5) is 11.4 Å². The molecule has 29 heavy (non-hydrogen) atoms. The van der Waals surface area contributed by atoms with Crippen LogP contribution in [0, 0.1) is 13.8 Å². The van der Waals surface area contributed by atoms with Crippen LogP contribution in [-0.2, 0) is 14.8 Å². The lowest BCUT2D eigenvalue weighted by Gasteiger charge is -2.31. The predicted molar refractivity (Wildman–Crippen MR) is 119 cm³/mol. The van der Waals surface area contributed by atoms with Gasteiger partial charge in [0.25, 0.3) is 10.0 Å². The van der Waals surface area contributed by atoms with Crippen LogP contribution in [0.1, 0.15) is 11.1 Å². The number of hydrogen-bond donors (Lipinski definition) is 1. The van der Waals surface area contributed by atoms with Crippen molar-refractivity contribution >= 4 is 43.2 Å². The summed E-state index contributed by atoms with van der Waals surface area (Å²) < 4.78 is 28.6. The normalized spacial score (nSPS) is 14.1. The Hall–Kier alpha value is -2.64. The molecule has 0 atom stereocenters. The van der Waals surface area contributed by atoms with Gasteiger partial charge in [0.1, 0.15) is 6.54 Å². The van der Waals surface area contributed by atoms with Gasteiger partial charge in [-0.3, -0.25) is 9.10 Å². The van der Waals surface area contributed by atoms with E-state index < -0.39 is 15.9 Å². The van der Waals surface area contributed by atoms with E-state index >= 15 is 0 Å². The third kappa shape index (κ3) is 3.56. The quantitative estimate of drug-likeness (QED) is 0.592. The lowest BCUT2D eigenvalue weighted by atomic mass is 10.0. The Kier molecular flexibility index (Phi) is 4.96. The highest BCUT2D eigenvalue weighted by molar-refractivity contribution is 9.10. The molecule has 1 aliphatic heterocycles. The predicted octanol–water partition coefficient (Wildman–Crippen LogP) is 4.88. The minimum Gasteiger partial charge on any atom is -0.325 e. The van der Waals surface area contributed by atoms with Gasteiger partial charge in [-0.1, -0.05) is 40.2 Å². The number of sulfonamides is 1. The third-order valence-electron chi connectivity index (χ3n) is 5.05. The summed E-state index contributed by atoms with van der Waals surface area (Å²) in [6.45, 7) is 3.65. The maximum atomic E-state index is 13.3. The Morgan fingerprint density at radius 2 is 1.72 bits per heavy atom. The molecule has 0 radical (unpaired) electrons. The van der Waals surface area contributed by atoms with Gasteiger partial charge in [0.15, 0.2) is 0 Å². The van der Waals surface area contributed by atoms with Crippen LogP contribution >= 0.6 is 15.9 Å². The van der Waals surface area contributed by atoms with Gasteiger partial charge in [-0.05, 0) is 61.4 Å². The van der Waals surface area contributed by atoms with Crippen molar-refractivity contribution in [1.82, 2.24) is 0 Å². The third-order valence-corrected chi connectivity index (χ3v) is 7.36. The zero-order valence-corrected chi connectivity index (χ0v) is 18.3. The van der Waals surface area contributed by atoms with E-state index in [2.05, 4.69) is 21.2 Å². The fourth-order valence-electron chi connectivity index (χ4n) is 3.42. The minimum atomic E-state index is -3.85. The maximum absolute atomic E-state index is 13.3. The number of nitrogens with one attached hydrogen (secondary N) is 1. The van der Waals surface area contributed by atoms with Gasteiger partial charge < -0.3 is 5.32 Å². The number of amides is 1. The van der Waals surface area contributed by atoms with Gasteiger partial charge in [-0.2, -0.15) is 0 Å². The molecule has 0 saturated heterocycles. The van der Waals surface area contributed by atoms with E-state index in [9.17, 15) is 13.2 Å². The molecule has 7 heteroatoms. The summed E-state index contributed by atoms with van der Waals surface area (Å²) in [7, 11) is -3.85. The van der Waals surface area contributed by atoms with Crippen LogP contribution in [0.2, 0.25) is 0 Å². The number of carbonyl (C=O) groups excluding carboxylic acids is 1. The summed E-state index contributed by atoms with van der Waals surface area (Å²) >= 11 is 3.45. The molecule has 3 aromatic carbocycles. The highest BCUT2D eigenvalue weighted by atomic mass is 79.9. The number of rotatable bonds is 3. The Morgan fingerprint density at radius 3 is 2.48 bits per heavy atom. The van der Waals surface area contributed by atoms with E-state index in [1.165, 1.54) is 4.31 Å². The van der Waals surface area contributed by atoms with Crippen molar-refractivity contribution in [3.8, 4) is 11.1 Å². The molecular formula is C22H19BrN2O3S. The largest absolute Gasteiger partial charge is 0.325 e. The first-order chi connectivity index (χ1) is 13.8. The number of aryl methyl sites for hydroxylation is 2. The van der Waals surface area contributed by atoms with Gasteiger partial charge >= 0.3 is 0 Å². The van der Waals surface area contributed by atoms with Gasteiger partial charge in [-0.15, -0.1) is 0 Å². The van der Waals surface area contributed by atoms with E-state index in [0.717, 1.165) is 21.2 Å². The van der Waals surface area contributed by atoms with Crippen molar-refractivity contribution in [2.45, 2.75) is 18.7 Å². The first-order valence-electron chi connectivity index (χ1n) is 9.06. The smallest absolute Gasteiger partial charge is 0.265 e. The molecule has 148 valence electrons. The summed E-state index contributed by atoms with van der Waals surface area (Å²) in [6.07, 6.45) is 0. The topological polar surface area (TPSA) is 66.5 Å². The Labute approximate surface area is 178 Å². The fraction of sp³-hybridized carbons (Fsp3) is 0.136. The number of anilines is 2. The average Bonchev–Trinajstić information content (AvgIpc) is 2.68. The molecular weight excluding hydrogens is 452 g/mol. The zero-order valence-electron chi connectivity index (χ0n) is 15.9. The molecule has 3 aromatic rings. The first-order valence-corrected chi connectivity index (χ1v) is 11.3. The number of benzene rings is 3. The zero-order chi connectivity index (χ0) is 20.8. The Balaban J connectivity index is 1.72. The number of fused-ring (bicyclic) bond motifs is 3. The van der Waals surface area contributed by atoms with Crippen LogP contribution in [0.15, 0.2) is 70.0 Å². The van der Waals surface area contributed by atoms with Crippen molar-refractivity contribution in [1.29, 1.82) is 0 Å². The van der Waals surface area contributed by atoms with Crippen molar-refractivity contribution in [2.24, 2.45) is 0 Å². The van der Waals surface area contributed by atoms with Crippen LogP contribution < -0.4 is 9.62 Å². The van der Waals surface area contributed by atoms with Crippen LogP contribution in [0.3, 0.4) is 0 Å². The van der Waals surface area contributed by atoms with Gasteiger partial charge in [0.2, 0.25) is 5.91 Å². The van der Waals surface area contributed by atoms with Crippen LogP contribution in [-0.4, -0.2) is 20.9 Å². The average molecular weight is 471 g/mol. The van der Waals surface area contributed by atoms with E-state index in [1.807, 2.05) is 38.1 Å². The molecule has 0 spiro atoms. The highest BCUT2D eigenvalue weighted by Gasteiger charge is 2.35. The molecule has 1 aliphatic rings.